The van der Waals surface area contributed by atoms with Gasteiger partial charge in [0, 0.05) is 0 Å². The van der Waals surface area contributed by atoms with E-state index in [2.05, 4.69) is 0 Å². The van der Waals surface area contributed by atoms with E-state index in [1.807, 2.05) is 6.92 Å². The van der Waals surface area contributed by atoms with Crippen LogP contribution in [-0.4, -0.2) is 17.2 Å². The fraction of sp³-hybridized carbons (Fsp3) is 0.538. The van der Waals surface area contributed by atoms with E-state index in [4.69, 9.17) is 0 Å². The Morgan fingerprint density at radius 3 is 2.00 bits per heavy atom. The summed E-state index contributed by atoms with van der Waals surface area (Å²) in [5.74, 6) is -5.15. The Labute approximate surface area is 108 Å². The molecule has 1 atom stereocenters. The normalized spacial score (nSPS) is 14.5. The third kappa shape index (κ3) is 3.65. The molecular formula is C13H15F5O. The summed E-state index contributed by atoms with van der Waals surface area (Å²) in [5, 5.41) is 9.18. The molecule has 0 radical (unpaired) electrons. The molecule has 0 aliphatic rings. The number of rotatable bonds is 5. The second kappa shape index (κ2) is 5.86. The van der Waals surface area contributed by atoms with Crippen molar-refractivity contribution in [3.63, 3.8) is 0 Å². The number of halogens is 5. The van der Waals surface area contributed by atoms with Crippen molar-refractivity contribution in [3.05, 3.63) is 35.4 Å². The van der Waals surface area contributed by atoms with Crippen molar-refractivity contribution in [2.75, 3.05) is 0 Å². The predicted octanol–water partition coefficient (Wildman–Crippen LogP) is 4.26. The molecule has 1 rings (SSSR count). The van der Waals surface area contributed by atoms with Crippen LogP contribution in [0.1, 0.15) is 37.0 Å². The molecule has 108 valence electrons. The van der Waals surface area contributed by atoms with Crippen LogP contribution in [0.15, 0.2) is 24.3 Å². The highest BCUT2D eigenvalue weighted by Crippen LogP contribution is 2.44. The Morgan fingerprint density at radius 1 is 1.05 bits per heavy atom. The first-order valence-electron chi connectivity index (χ1n) is 5.91. The van der Waals surface area contributed by atoms with Gasteiger partial charge in [0.05, 0.1) is 0 Å². The molecule has 1 N–H and O–H groups in total. The van der Waals surface area contributed by atoms with Crippen molar-refractivity contribution in [1.82, 2.24) is 0 Å². The van der Waals surface area contributed by atoms with Gasteiger partial charge in [0.2, 0.25) is 0 Å². The smallest absolute Gasteiger partial charge is 0.382 e. The number of aryl methyl sites for hydroxylation is 1. The summed E-state index contributed by atoms with van der Waals surface area (Å²) >= 11 is 0. The number of alkyl halides is 5. The molecule has 0 heterocycles. The van der Waals surface area contributed by atoms with Gasteiger partial charge in [-0.3, -0.25) is 0 Å². The first-order chi connectivity index (χ1) is 8.70. The zero-order chi connectivity index (χ0) is 14.7. The van der Waals surface area contributed by atoms with Crippen molar-refractivity contribution in [2.45, 2.75) is 44.4 Å². The van der Waals surface area contributed by atoms with Gasteiger partial charge in [-0.25, -0.2) is 0 Å². The lowest BCUT2D eigenvalue weighted by Crippen LogP contribution is -2.42. The number of aliphatic hydroxyl groups excluding tert-OH is 1. The maximum Gasteiger partial charge on any atom is 0.456 e. The quantitative estimate of drug-likeness (QED) is 0.800. The van der Waals surface area contributed by atoms with E-state index >= 15 is 0 Å². The lowest BCUT2D eigenvalue weighted by molar-refractivity contribution is -0.315. The van der Waals surface area contributed by atoms with Gasteiger partial charge in [0.25, 0.3) is 0 Å². The Morgan fingerprint density at radius 2 is 1.58 bits per heavy atom. The minimum atomic E-state index is -5.77. The van der Waals surface area contributed by atoms with Gasteiger partial charge in [-0.15, -0.1) is 0 Å². The molecule has 1 unspecified atom stereocenters. The predicted molar refractivity (Wildman–Crippen MR) is 61.0 cm³/mol. The molecule has 1 aromatic carbocycles. The highest BCUT2D eigenvalue weighted by molar-refractivity contribution is 5.26. The molecule has 0 bridgehead atoms. The fourth-order valence-corrected chi connectivity index (χ4v) is 1.61. The van der Waals surface area contributed by atoms with Gasteiger partial charge in [-0.1, -0.05) is 37.6 Å². The second-order valence-corrected chi connectivity index (χ2v) is 4.37. The Hall–Kier alpha value is -1.17. The van der Waals surface area contributed by atoms with Crippen molar-refractivity contribution in [3.8, 4) is 0 Å². The fourth-order valence-electron chi connectivity index (χ4n) is 1.61. The second-order valence-electron chi connectivity index (χ2n) is 4.37. The molecule has 0 saturated carbocycles. The largest absolute Gasteiger partial charge is 0.456 e. The van der Waals surface area contributed by atoms with Crippen molar-refractivity contribution in [1.29, 1.82) is 0 Å². The van der Waals surface area contributed by atoms with Crippen LogP contribution in [-0.2, 0) is 6.42 Å². The van der Waals surface area contributed by atoms with Crippen LogP contribution in [0.5, 0.6) is 0 Å². The molecule has 6 heteroatoms. The summed E-state index contributed by atoms with van der Waals surface area (Å²) in [5.41, 5.74) is 0.399. The number of unbranched alkanes of at least 4 members (excludes halogenated alkanes) is 1. The third-order valence-electron chi connectivity index (χ3n) is 2.84. The van der Waals surface area contributed by atoms with Crippen LogP contribution in [0.3, 0.4) is 0 Å². The number of aliphatic hydroxyl groups is 1. The SMILES string of the molecule is CCCCc1ccc(C(O)C(F)(F)C(F)(F)F)cc1. The van der Waals surface area contributed by atoms with Crippen LogP contribution >= 0.6 is 0 Å². The summed E-state index contributed by atoms with van der Waals surface area (Å²) in [6, 6.07) is 5.13. The maximum absolute atomic E-state index is 12.9. The molecular weight excluding hydrogens is 267 g/mol. The Balaban J connectivity index is 2.86. The molecule has 0 amide bonds. The Bertz CT molecular complexity index is 396. The maximum atomic E-state index is 12.9. The molecule has 0 aromatic heterocycles. The zero-order valence-electron chi connectivity index (χ0n) is 10.3. The molecule has 19 heavy (non-hydrogen) atoms. The topological polar surface area (TPSA) is 20.2 Å². The molecule has 0 saturated heterocycles. The minimum absolute atomic E-state index is 0.442. The van der Waals surface area contributed by atoms with Crippen LogP contribution in [0.25, 0.3) is 0 Å². The van der Waals surface area contributed by atoms with E-state index in [1.165, 1.54) is 12.1 Å². The van der Waals surface area contributed by atoms with E-state index in [9.17, 15) is 27.1 Å². The van der Waals surface area contributed by atoms with Crippen LogP contribution in [0, 0.1) is 0 Å². The Kier molecular flexibility index (Phi) is 4.90. The van der Waals surface area contributed by atoms with Crippen molar-refractivity contribution in [2.24, 2.45) is 0 Å². The van der Waals surface area contributed by atoms with E-state index in [0.29, 0.717) is 0 Å². The first kappa shape index (κ1) is 15.9. The van der Waals surface area contributed by atoms with Gasteiger partial charge < -0.3 is 5.11 Å². The number of benzene rings is 1. The molecule has 1 nitrogen and oxygen atoms in total. The van der Waals surface area contributed by atoms with Gasteiger partial charge in [-0.05, 0) is 24.0 Å². The lowest BCUT2D eigenvalue weighted by atomic mass is 10.00. The van der Waals surface area contributed by atoms with Gasteiger partial charge >= 0.3 is 12.1 Å². The summed E-state index contributed by atoms with van der Waals surface area (Å²) in [7, 11) is 0. The van der Waals surface area contributed by atoms with Crippen molar-refractivity contribution < 1.29 is 27.1 Å². The average Bonchev–Trinajstić information content (AvgIpc) is 2.34. The minimum Gasteiger partial charge on any atom is -0.382 e. The van der Waals surface area contributed by atoms with E-state index < -0.39 is 23.8 Å². The lowest BCUT2D eigenvalue weighted by Gasteiger charge is -2.25. The van der Waals surface area contributed by atoms with Gasteiger partial charge in [0.1, 0.15) is 0 Å². The number of hydrogen-bond donors (Lipinski definition) is 1. The van der Waals surface area contributed by atoms with Crippen LogP contribution in [0.2, 0.25) is 0 Å². The molecule has 0 fully saturated rings. The molecule has 1 aromatic rings. The van der Waals surface area contributed by atoms with Gasteiger partial charge in [0.15, 0.2) is 6.10 Å². The molecule has 0 spiro atoms. The summed E-state index contributed by atoms with van der Waals surface area (Å²) in [6.45, 7) is 1.99. The highest BCUT2D eigenvalue weighted by Gasteiger charge is 2.62. The average molecular weight is 282 g/mol. The van der Waals surface area contributed by atoms with E-state index in [0.717, 1.165) is 37.0 Å². The summed E-state index contributed by atoms with van der Waals surface area (Å²) in [4.78, 5) is 0. The highest BCUT2D eigenvalue weighted by atomic mass is 19.4. The summed E-state index contributed by atoms with van der Waals surface area (Å²) < 4.78 is 62.2. The van der Waals surface area contributed by atoms with Crippen molar-refractivity contribution >= 4 is 0 Å². The van der Waals surface area contributed by atoms with Gasteiger partial charge in [-0.2, -0.15) is 22.0 Å². The van der Waals surface area contributed by atoms with Crippen LogP contribution in [0.4, 0.5) is 22.0 Å². The van der Waals surface area contributed by atoms with Crippen LogP contribution < -0.4 is 0 Å². The monoisotopic (exact) mass is 282 g/mol. The standard InChI is InChI=1S/C13H15F5O/c1-2-3-4-9-5-7-10(8-6-9)11(19)12(14,15)13(16,17)18/h5-8,11,19H,2-4H2,1H3. The van der Waals surface area contributed by atoms with E-state index in [-0.39, 0.29) is 0 Å². The third-order valence-corrected chi connectivity index (χ3v) is 2.84. The van der Waals surface area contributed by atoms with E-state index in [1.54, 1.807) is 0 Å². The summed E-state index contributed by atoms with van der Waals surface area (Å²) in [6.07, 6.45) is -6.07. The number of hydrogen-bond acceptors (Lipinski definition) is 1. The molecule has 0 aliphatic carbocycles. The first-order valence-corrected chi connectivity index (χ1v) is 5.91. The zero-order valence-corrected chi connectivity index (χ0v) is 10.3. The molecule has 0 aliphatic heterocycles.